The van der Waals surface area contributed by atoms with Crippen molar-refractivity contribution in [2.24, 2.45) is 44.8 Å². The standard InChI is InChI=1S/C34H47NO6/c1-29(2)11-13-34(28(38)40-8)14-12-33(6)26(21(34)17-29)22(36)15-24-30(3)16-20-19-35-41-27(20)31(4,18-25(37)39-7)23(30)9-10-32(24,33)5/h15,19,21,23,26H,9-14,16-18H2,1-8H3/t21-,23?,26-,30-,31-,32+,33+,34-/m0/s1. The van der Waals surface area contributed by atoms with Crippen LogP contribution in [0.1, 0.15) is 104 Å². The normalized spacial score (nSPS) is 44.2. The second-order valence-corrected chi connectivity index (χ2v) is 15.8. The van der Waals surface area contributed by atoms with Crippen molar-refractivity contribution in [3.63, 3.8) is 0 Å². The van der Waals surface area contributed by atoms with Gasteiger partial charge in [-0.2, -0.15) is 0 Å². The predicted molar refractivity (Wildman–Crippen MR) is 153 cm³/mol. The first-order valence-corrected chi connectivity index (χ1v) is 15.5. The molecule has 0 amide bonds. The SMILES string of the molecule is COC(=O)C[C@]1(C)c2oncc2C[C@]2(C)C3=CC(=O)[C@@H]4[C@@H]5CC(C)(C)CC[C@]5(C(=O)OC)CC[C@@]4(C)[C@]3(C)CCC21. The Bertz CT molecular complexity index is 1340. The minimum absolute atomic E-state index is 0.0364. The summed E-state index contributed by atoms with van der Waals surface area (Å²) in [6.45, 7) is 13.7. The third kappa shape index (κ3) is 3.56. The van der Waals surface area contributed by atoms with E-state index >= 15 is 0 Å². The number of hydrogen-bond donors (Lipinski definition) is 0. The third-order valence-electron chi connectivity index (χ3n) is 13.5. The first-order chi connectivity index (χ1) is 19.1. The number of aromatic nitrogens is 1. The Labute approximate surface area is 244 Å². The summed E-state index contributed by atoms with van der Waals surface area (Å²) in [5, 5.41) is 4.17. The van der Waals surface area contributed by atoms with E-state index in [0.717, 1.165) is 62.7 Å². The third-order valence-corrected chi connectivity index (χ3v) is 13.5. The van der Waals surface area contributed by atoms with E-state index in [4.69, 9.17) is 14.0 Å². The van der Waals surface area contributed by atoms with Gasteiger partial charge in [0, 0.05) is 16.9 Å². The van der Waals surface area contributed by atoms with Gasteiger partial charge in [0.1, 0.15) is 5.76 Å². The molecule has 7 heteroatoms. The smallest absolute Gasteiger partial charge is 0.312 e. The summed E-state index contributed by atoms with van der Waals surface area (Å²) in [5.41, 5.74) is 0.270. The second kappa shape index (κ2) is 8.79. The molecule has 1 unspecified atom stereocenters. The molecule has 0 aliphatic heterocycles. The molecule has 0 N–H and O–H groups in total. The average molecular weight is 566 g/mol. The lowest BCUT2D eigenvalue weighted by molar-refractivity contribution is -0.192. The van der Waals surface area contributed by atoms with Crippen LogP contribution in [0.25, 0.3) is 0 Å². The highest BCUT2D eigenvalue weighted by Gasteiger charge is 2.71. The number of nitrogens with zero attached hydrogens (tertiary/aromatic N) is 1. The van der Waals surface area contributed by atoms with Crippen LogP contribution < -0.4 is 0 Å². The van der Waals surface area contributed by atoms with Crippen LogP contribution in [0, 0.1) is 44.8 Å². The maximum absolute atomic E-state index is 14.6. The van der Waals surface area contributed by atoms with Gasteiger partial charge in [0.05, 0.1) is 32.3 Å². The Kier molecular flexibility index (Phi) is 6.15. The van der Waals surface area contributed by atoms with Gasteiger partial charge in [-0.25, -0.2) is 0 Å². The van der Waals surface area contributed by atoms with Gasteiger partial charge >= 0.3 is 11.9 Å². The Morgan fingerprint density at radius 2 is 1.71 bits per heavy atom. The van der Waals surface area contributed by atoms with Crippen LogP contribution in [0.15, 0.2) is 22.4 Å². The fraction of sp³-hybridized carbons (Fsp3) is 0.765. The molecule has 3 fully saturated rings. The van der Waals surface area contributed by atoms with Gasteiger partial charge in [0.25, 0.3) is 0 Å². The van der Waals surface area contributed by atoms with Gasteiger partial charge < -0.3 is 14.0 Å². The van der Waals surface area contributed by atoms with Crippen molar-refractivity contribution in [3.05, 3.63) is 29.2 Å². The van der Waals surface area contributed by atoms with Crippen LogP contribution >= 0.6 is 0 Å². The zero-order chi connectivity index (χ0) is 29.8. The largest absolute Gasteiger partial charge is 0.469 e. The molecule has 8 atom stereocenters. The molecule has 5 aliphatic rings. The van der Waals surface area contributed by atoms with Crippen LogP contribution in [0.2, 0.25) is 0 Å². The van der Waals surface area contributed by atoms with E-state index in [9.17, 15) is 14.4 Å². The molecule has 0 bridgehead atoms. The molecule has 6 rings (SSSR count). The molecule has 1 aromatic rings. The number of carbonyl (C=O) groups excluding carboxylic acids is 3. The number of fused-ring (bicyclic) bond motifs is 8. The van der Waals surface area contributed by atoms with E-state index in [0.29, 0.717) is 0 Å². The van der Waals surface area contributed by atoms with Crippen molar-refractivity contribution < 1.29 is 28.4 Å². The Hall–Kier alpha value is -2.44. The summed E-state index contributed by atoms with van der Waals surface area (Å²) in [4.78, 5) is 40.8. The molecular weight excluding hydrogens is 518 g/mol. The fourth-order valence-electron chi connectivity index (χ4n) is 11.2. The Morgan fingerprint density at radius 3 is 2.39 bits per heavy atom. The number of ketones is 1. The first kappa shape index (κ1) is 28.7. The van der Waals surface area contributed by atoms with Crippen LogP contribution in [0.3, 0.4) is 0 Å². The summed E-state index contributed by atoms with van der Waals surface area (Å²) >= 11 is 0. The molecule has 1 aromatic heterocycles. The minimum atomic E-state index is -0.589. The maximum Gasteiger partial charge on any atom is 0.312 e. The fourth-order valence-corrected chi connectivity index (χ4v) is 11.2. The molecule has 41 heavy (non-hydrogen) atoms. The van der Waals surface area contributed by atoms with Crippen molar-refractivity contribution >= 4 is 17.7 Å². The molecule has 0 saturated heterocycles. The number of esters is 2. The molecule has 3 saturated carbocycles. The molecule has 0 radical (unpaired) electrons. The molecule has 224 valence electrons. The monoisotopic (exact) mass is 565 g/mol. The topological polar surface area (TPSA) is 95.7 Å². The Morgan fingerprint density at radius 1 is 1.00 bits per heavy atom. The number of allylic oxidation sites excluding steroid dienone is 2. The molecule has 0 spiro atoms. The predicted octanol–water partition coefficient (Wildman–Crippen LogP) is 6.39. The van der Waals surface area contributed by atoms with E-state index in [1.54, 1.807) is 6.20 Å². The molecule has 5 aliphatic carbocycles. The van der Waals surface area contributed by atoms with Crippen LogP contribution in [-0.4, -0.2) is 37.1 Å². The van der Waals surface area contributed by atoms with Gasteiger partial charge in [0.15, 0.2) is 5.78 Å². The van der Waals surface area contributed by atoms with Gasteiger partial charge in [-0.05, 0) is 90.9 Å². The first-order valence-electron chi connectivity index (χ1n) is 15.5. The van der Waals surface area contributed by atoms with Crippen LogP contribution in [0.5, 0.6) is 0 Å². The van der Waals surface area contributed by atoms with Crippen LogP contribution in [0.4, 0.5) is 0 Å². The maximum atomic E-state index is 14.6. The molecule has 1 heterocycles. The van der Waals surface area contributed by atoms with E-state index in [1.807, 2.05) is 6.08 Å². The summed E-state index contributed by atoms with van der Waals surface area (Å²) in [6.07, 6.45) is 10.7. The van der Waals surface area contributed by atoms with Gasteiger partial charge in [0.2, 0.25) is 0 Å². The number of carbonyl (C=O) groups is 3. The summed E-state index contributed by atoms with van der Waals surface area (Å²) in [5.74, 6) is 0.391. The molecular formula is C34H47NO6. The lowest BCUT2D eigenvalue weighted by Crippen LogP contribution is -2.66. The van der Waals surface area contributed by atoms with Crippen LogP contribution in [-0.2, 0) is 35.7 Å². The van der Waals surface area contributed by atoms with E-state index in [2.05, 4.69) is 46.7 Å². The average Bonchev–Trinajstić information content (AvgIpc) is 3.38. The number of methoxy groups -OCH3 is 2. The van der Waals surface area contributed by atoms with E-state index < -0.39 is 10.8 Å². The van der Waals surface area contributed by atoms with Crippen molar-refractivity contribution in [1.82, 2.24) is 5.16 Å². The summed E-state index contributed by atoms with van der Waals surface area (Å²) < 4.78 is 16.4. The Balaban J connectivity index is 1.50. The highest BCUT2D eigenvalue weighted by Crippen LogP contribution is 2.75. The van der Waals surface area contributed by atoms with Crippen molar-refractivity contribution in [2.45, 2.75) is 105 Å². The highest BCUT2D eigenvalue weighted by molar-refractivity contribution is 5.96. The van der Waals surface area contributed by atoms with Crippen molar-refractivity contribution in [3.8, 4) is 0 Å². The van der Waals surface area contributed by atoms with Crippen molar-refractivity contribution in [2.75, 3.05) is 14.2 Å². The highest BCUT2D eigenvalue weighted by atomic mass is 16.5. The minimum Gasteiger partial charge on any atom is -0.469 e. The zero-order valence-electron chi connectivity index (χ0n) is 26.1. The number of ether oxygens (including phenoxy) is 2. The summed E-state index contributed by atoms with van der Waals surface area (Å²) in [7, 11) is 2.93. The number of rotatable bonds is 3. The molecule has 7 nitrogen and oxygen atoms in total. The lowest BCUT2D eigenvalue weighted by Gasteiger charge is -2.69. The molecule has 0 aromatic carbocycles. The van der Waals surface area contributed by atoms with E-state index in [-0.39, 0.29) is 63.6 Å². The van der Waals surface area contributed by atoms with Gasteiger partial charge in [-0.1, -0.05) is 52.3 Å². The van der Waals surface area contributed by atoms with Gasteiger partial charge in [-0.3, -0.25) is 14.4 Å². The van der Waals surface area contributed by atoms with E-state index in [1.165, 1.54) is 19.8 Å². The van der Waals surface area contributed by atoms with Crippen molar-refractivity contribution in [1.29, 1.82) is 0 Å². The zero-order valence-corrected chi connectivity index (χ0v) is 26.1. The number of hydrogen-bond acceptors (Lipinski definition) is 7. The van der Waals surface area contributed by atoms with Gasteiger partial charge in [-0.15, -0.1) is 0 Å². The summed E-state index contributed by atoms with van der Waals surface area (Å²) in [6, 6.07) is 0. The quantitative estimate of drug-likeness (QED) is 0.392. The lowest BCUT2D eigenvalue weighted by atomic mass is 9.34. The second-order valence-electron chi connectivity index (χ2n) is 15.8.